The Bertz CT molecular complexity index is 654. The lowest BCUT2D eigenvalue weighted by atomic mass is 10.1. The number of pyridine rings is 1. The molecule has 0 radical (unpaired) electrons. The van der Waals surface area contributed by atoms with Gasteiger partial charge in [0.05, 0.1) is 23.6 Å². The number of rotatable bonds is 4. The maximum Gasteiger partial charge on any atom is 0.181 e. The zero-order chi connectivity index (χ0) is 14.5. The number of aliphatic hydroxyl groups is 1. The second kappa shape index (κ2) is 6.03. The highest BCUT2D eigenvalue weighted by Crippen LogP contribution is 2.30. The molecule has 0 aliphatic carbocycles. The SMILES string of the molecule is Cc1nc(N=Nc2ccccc2)c(CO)c(C=O)c1O. The Morgan fingerprint density at radius 2 is 1.95 bits per heavy atom. The molecule has 0 fully saturated rings. The second-order valence-corrected chi connectivity index (χ2v) is 4.07. The van der Waals surface area contributed by atoms with Crippen LogP contribution in [0.1, 0.15) is 21.6 Å². The van der Waals surface area contributed by atoms with Gasteiger partial charge in [-0.05, 0) is 19.1 Å². The molecule has 6 heteroatoms. The molecular weight excluding hydrogens is 258 g/mol. The first-order chi connectivity index (χ1) is 9.67. The molecule has 1 aromatic carbocycles. The fourth-order valence-corrected chi connectivity index (χ4v) is 1.70. The quantitative estimate of drug-likeness (QED) is 0.660. The smallest absolute Gasteiger partial charge is 0.181 e. The summed E-state index contributed by atoms with van der Waals surface area (Å²) in [6.45, 7) is 1.09. The van der Waals surface area contributed by atoms with Gasteiger partial charge in [-0.15, -0.1) is 10.2 Å². The topological polar surface area (TPSA) is 95.1 Å². The van der Waals surface area contributed by atoms with Crippen molar-refractivity contribution in [1.82, 2.24) is 4.98 Å². The average Bonchev–Trinajstić information content (AvgIpc) is 2.48. The predicted octanol–water partition coefficient (Wildman–Crippen LogP) is 2.82. The lowest BCUT2D eigenvalue weighted by Gasteiger charge is -2.08. The molecule has 1 heterocycles. The Morgan fingerprint density at radius 3 is 2.55 bits per heavy atom. The van der Waals surface area contributed by atoms with Crippen molar-refractivity contribution >= 4 is 17.8 Å². The van der Waals surface area contributed by atoms with E-state index >= 15 is 0 Å². The highest BCUT2D eigenvalue weighted by Gasteiger charge is 2.16. The number of benzene rings is 1. The number of nitrogens with zero attached hydrogens (tertiary/aromatic N) is 3. The third-order valence-corrected chi connectivity index (χ3v) is 2.76. The summed E-state index contributed by atoms with van der Waals surface area (Å²) >= 11 is 0. The first-order valence-corrected chi connectivity index (χ1v) is 5.92. The summed E-state index contributed by atoms with van der Waals surface area (Å²) in [6, 6.07) is 9.00. The number of aldehydes is 1. The summed E-state index contributed by atoms with van der Waals surface area (Å²) < 4.78 is 0. The van der Waals surface area contributed by atoms with E-state index < -0.39 is 6.61 Å². The van der Waals surface area contributed by atoms with Crippen molar-refractivity contribution in [2.75, 3.05) is 0 Å². The van der Waals surface area contributed by atoms with Gasteiger partial charge >= 0.3 is 0 Å². The number of carbonyl (C=O) groups excluding carboxylic acids is 1. The van der Waals surface area contributed by atoms with Gasteiger partial charge < -0.3 is 10.2 Å². The molecule has 102 valence electrons. The highest BCUT2D eigenvalue weighted by molar-refractivity contribution is 5.84. The van der Waals surface area contributed by atoms with Gasteiger partial charge in [0.25, 0.3) is 0 Å². The fourth-order valence-electron chi connectivity index (χ4n) is 1.70. The lowest BCUT2D eigenvalue weighted by molar-refractivity contribution is 0.111. The molecule has 0 bridgehead atoms. The first-order valence-electron chi connectivity index (χ1n) is 5.92. The van der Waals surface area contributed by atoms with Crippen LogP contribution in [-0.2, 0) is 6.61 Å². The molecule has 2 aromatic rings. The Hall–Kier alpha value is -2.60. The number of aryl methyl sites for hydroxylation is 1. The van der Waals surface area contributed by atoms with Crippen LogP contribution >= 0.6 is 0 Å². The maximum atomic E-state index is 11.0. The van der Waals surface area contributed by atoms with Gasteiger partial charge in [0, 0.05) is 5.56 Å². The van der Waals surface area contributed by atoms with Gasteiger partial charge in [0.15, 0.2) is 12.1 Å². The van der Waals surface area contributed by atoms with Crippen LogP contribution in [0.4, 0.5) is 11.5 Å². The number of hydrogen-bond acceptors (Lipinski definition) is 6. The van der Waals surface area contributed by atoms with Crippen LogP contribution in [0.3, 0.4) is 0 Å². The normalized spacial score (nSPS) is 10.9. The van der Waals surface area contributed by atoms with Gasteiger partial charge in [-0.3, -0.25) is 4.79 Å². The fraction of sp³-hybridized carbons (Fsp3) is 0.143. The van der Waals surface area contributed by atoms with Gasteiger partial charge in [-0.25, -0.2) is 4.98 Å². The standard InChI is InChI=1S/C14H13N3O3/c1-9-13(20)11(7-18)12(8-19)14(15-9)17-16-10-5-3-2-4-6-10/h2-7,19-20H,8H2,1H3. The Morgan fingerprint density at radius 1 is 1.25 bits per heavy atom. The summed E-state index contributed by atoms with van der Waals surface area (Å²) in [5.74, 6) is -0.128. The van der Waals surface area contributed by atoms with Crippen LogP contribution in [0.25, 0.3) is 0 Å². The van der Waals surface area contributed by atoms with Gasteiger partial charge in [0.2, 0.25) is 0 Å². The summed E-state index contributed by atoms with van der Waals surface area (Å²) in [5, 5.41) is 27.0. The minimum atomic E-state index is -0.460. The third kappa shape index (κ3) is 2.70. The predicted molar refractivity (Wildman–Crippen MR) is 72.6 cm³/mol. The minimum Gasteiger partial charge on any atom is -0.505 e. The van der Waals surface area contributed by atoms with Crippen molar-refractivity contribution in [3.63, 3.8) is 0 Å². The van der Waals surface area contributed by atoms with E-state index in [1.54, 1.807) is 19.1 Å². The van der Waals surface area contributed by atoms with Crippen molar-refractivity contribution in [1.29, 1.82) is 0 Å². The van der Waals surface area contributed by atoms with E-state index in [0.717, 1.165) is 0 Å². The summed E-state index contributed by atoms with van der Waals surface area (Å²) in [6.07, 6.45) is 0.469. The van der Waals surface area contributed by atoms with Crippen LogP contribution in [0.5, 0.6) is 5.75 Å². The molecule has 0 unspecified atom stereocenters. The highest BCUT2D eigenvalue weighted by atomic mass is 16.3. The first kappa shape index (κ1) is 13.8. The van der Waals surface area contributed by atoms with E-state index in [9.17, 15) is 15.0 Å². The Balaban J connectivity index is 2.49. The Kier molecular flexibility index (Phi) is 4.17. The monoisotopic (exact) mass is 271 g/mol. The van der Waals surface area contributed by atoms with E-state index in [1.165, 1.54) is 0 Å². The molecule has 2 N–H and O–H groups in total. The number of aromatic nitrogens is 1. The third-order valence-electron chi connectivity index (χ3n) is 2.76. The molecule has 0 amide bonds. The number of carbonyl (C=O) groups is 1. The summed E-state index contributed by atoms with van der Waals surface area (Å²) in [5.41, 5.74) is 1.02. The van der Waals surface area contributed by atoms with Gasteiger partial charge in [0.1, 0.15) is 5.75 Å². The maximum absolute atomic E-state index is 11.0. The molecule has 0 atom stereocenters. The second-order valence-electron chi connectivity index (χ2n) is 4.07. The molecule has 0 saturated carbocycles. The molecule has 6 nitrogen and oxygen atoms in total. The molecule has 0 spiro atoms. The van der Waals surface area contributed by atoms with Gasteiger partial charge in [-0.1, -0.05) is 18.2 Å². The largest absolute Gasteiger partial charge is 0.505 e. The van der Waals surface area contributed by atoms with E-state index in [0.29, 0.717) is 12.0 Å². The van der Waals surface area contributed by atoms with Crippen LogP contribution in [0.15, 0.2) is 40.6 Å². The van der Waals surface area contributed by atoms with E-state index in [1.807, 2.05) is 18.2 Å². The Labute approximate surface area is 115 Å². The van der Waals surface area contributed by atoms with Crippen molar-refractivity contribution in [3.05, 3.63) is 47.2 Å². The summed E-state index contributed by atoms with van der Waals surface area (Å²) in [7, 11) is 0. The van der Waals surface area contributed by atoms with Crippen molar-refractivity contribution in [3.8, 4) is 5.75 Å². The van der Waals surface area contributed by atoms with E-state index in [2.05, 4.69) is 15.2 Å². The molecule has 0 aliphatic rings. The summed E-state index contributed by atoms with van der Waals surface area (Å²) in [4.78, 5) is 15.1. The molecule has 20 heavy (non-hydrogen) atoms. The zero-order valence-electron chi connectivity index (χ0n) is 10.8. The zero-order valence-corrected chi connectivity index (χ0v) is 10.8. The van der Waals surface area contributed by atoms with Crippen molar-refractivity contribution in [2.45, 2.75) is 13.5 Å². The average molecular weight is 271 g/mol. The van der Waals surface area contributed by atoms with Crippen LogP contribution in [-0.4, -0.2) is 21.5 Å². The van der Waals surface area contributed by atoms with Crippen LogP contribution in [0, 0.1) is 6.92 Å². The molecule has 1 aromatic heterocycles. The van der Waals surface area contributed by atoms with E-state index in [4.69, 9.17) is 0 Å². The van der Waals surface area contributed by atoms with Crippen molar-refractivity contribution in [2.24, 2.45) is 10.2 Å². The molecule has 0 saturated heterocycles. The molecule has 0 aliphatic heterocycles. The van der Waals surface area contributed by atoms with Gasteiger partial charge in [-0.2, -0.15) is 0 Å². The lowest BCUT2D eigenvalue weighted by Crippen LogP contribution is -1.98. The van der Waals surface area contributed by atoms with Crippen molar-refractivity contribution < 1.29 is 15.0 Å². The number of azo groups is 1. The van der Waals surface area contributed by atoms with Crippen LogP contribution < -0.4 is 0 Å². The molecular formula is C14H13N3O3. The molecule has 2 rings (SSSR count). The number of hydrogen-bond donors (Lipinski definition) is 2. The number of aromatic hydroxyl groups is 1. The minimum absolute atomic E-state index is 0.0120. The van der Waals surface area contributed by atoms with Crippen LogP contribution in [0.2, 0.25) is 0 Å². The van der Waals surface area contributed by atoms with E-state index in [-0.39, 0.29) is 28.4 Å². The number of aliphatic hydroxyl groups excluding tert-OH is 1.